The van der Waals surface area contributed by atoms with Gasteiger partial charge in [0.25, 0.3) is 0 Å². The Kier molecular flexibility index (Phi) is 5.59. The van der Waals surface area contributed by atoms with Crippen LogP contribution in [-0.4, -0.2) is 34.8 Å². The van der Waals surface area contributed by atoms with Gasteiger partial charge in [0, 0.05) is 18.4 Å². The molecule has 1 saturated heterocycles. The van der Waals surface area contributed by atoms with Crippen LogP contribution >= 0.6 is 0 Å². The smallest absolute Gasteiger partial charge is 0.248 e. The van der Waals surface area contributed by atoms with Crippen LogP contribution in [0.25, 0.3) is 0 Å². The van der Waals surface area contributed by atoms with Crippen LogP contribution in [0, 0.1) is 11.8 Å². The number of carbonyl (C=O) groups excluding carboxylic acids is 1. The summed E-state index contributed by atoms with van der Waals surface area (Å²) in [6.45, 7) is 6.21. The van der Waals surface area contributed by atoms with Crippen molar-refractivity contribution in [2.45, 2.75) is 70.4 Å². The van der Waals surface area contributed by atoms with Crippen LogP contribution in [0.2, 0.25) is 0 Å². The maximum atomic E-state index is 13.2. The largest absolute Gasteiger partial charge is 0.351 e. The zero-order chi connectivity index (χ0) is 17.0. The zero-order valence-corrected chi connectivity index (χ0v) is 15.1. The number of rotatable bonds is 5. The maximum absolute atomic E-state index is 13.2. The highest BCUT2D eigenvalue weighted by Crippen LogP contribution is 2.32. The molecule has 24 heavy (non-hydrogen) atoms. The van der Waals surface area contributed by atoms with Gasteiger partial charge in [-0.15, -0.1) is 0 Å². The van der Waals surface area contributed by atoms with Gasteiger partial charge in [-0.3, -0.25) is 9.48 Å². The molecule has 134 valence electrons. The third-order valence-corrected chi connectivity index (χ3v) is 6.34. The van der Waals surface area contributed by atoms with Crippen LogP contribution in [0.1, 0.15) is 58.8 Å². The molecule has 2 aliphatic rings. The van der Waals surface area contributed by atoms with E-state index in [4.69, 9.17) is 0 Å². The average molecular weight is 332 g/mol. The van der Waals surface area contributed by atoms with Crippen LogP contribution in [0.3, 0.4) is 0 Å². The van der Waals surface area contributed by atoms with E-state index in [0.29, 0.717) is 5.92 Å². The van der Waals surface area contributed by atoms with Crippen molar-refractivity contribution in [3.8, 4) is 0 Å². The molecule has 0 spiro atoms. The third-order valence-electron chi connectivity index (χ3n) is 6.34. The fourth-order valence-corrected chi connectivity index (χ4v) is 4.46. The van der Waals surface area contributed by atoms with Gasteiger partial charge in [-0.25, -0.2) is 0 Å². The van der Waals surface area contributed by atoms with Crippen molar-refractivity contribution < 1.29 is 4.79 Å². The van der Waals surface area contributed by atoms with Crippen molar-refractivity contribution in [3.63, 3.8) is 0 Å². The number of amides is 1. The van der Waals surface area contributed by atoms with Crippen molar-refractivity contribution in [2.75, 3.05) is 13.1 Å². The first-order chi connectivity index (χ1) is 11.6. The SMILES string of the molecule is CC(NC(=O)C1(n2cccn2)CCNCC1)C(C)C1CCCCC1. The van der Waals surface area contributed by atoms with Crippen molar-refractivity contribution in [3.05, 3.63) is 18.5 Å². The molecule has 5 nitrogen and oxygen atoms in total. The molecular formula is C19H32N4O. The normalized spacial score (nSPS) is 24.2. The summed E-state index contributed by atoms with van der Waals surface area (Å²) in [4.78, 5) is 13.2. The number of hydrogen-bond acceptors (Lipinski definition) is 3. The summed E-state index contributed by atoms with van der Waals surface area (Å²) in [6.07, 6.45) is 12.0. The zero-order valence-electron chi connectivity index (χ0n) is 15.1. The summed E-state index contributed by atoms with van der Waals surface area (Å²) < 4.78 is 1.88. The van der Waals surface area contributed by atoms with E-state index >= 15 is 0 Å². The minimum Gasteiger partial charge on any atom is -0.351 e. The predicted molar refractivity (Wildman–Crippen MR) is 95.6 cm³/mol. The van der Waals surface area contributed by atoms with E-state index in [1.165, 1.54) is 32.1 Å². The molecular weight excluding hydrogens is 300 g/mol. The number of carbonyl (C=O) groups is 1. The molecule has 2 atom stereocenters. The fourth-order valence-electron chi connectivity index (χ4n) is 4.46. The number of nitrogens with one attached hydrogen (secondary N) is 2. The lowest BCUT2D eigenvalue weighted by molar-refractivity contribution is -0.133. The van der Waals surface area contributed by atoms with Gasteiger partial charge in [0.05, 0.1) is 0 Å². The lowest BCUT2D eigenvalue weighted by atomic mass is 9.77. The summed E-state index contributed by atoms with van der Waals surface area (Å²) in [6, 6.07) is 2.12. The Balaban J connectivity index is 1.69. The van der Waals surface area contributed by atoms with Gasteiger partial charge < -0.3 is 10.6 Å². The molecule has 0 bridgehead atoms. The second-order valence-corrected chi connectivity index (χ2v) is 7.75. The van der Waals surface area contributed by atoms with Gasteiger partial charge in [-0.05, 0) is 50.8 Å². The number of nitrogens with zero attached hydrogens (tertiary/aromatic N) is 2. The lowest BCUT2D eigenvalue weighted by Gasteiger charge is -2.39. The van der Waals surface area contributed by atoms with E-state index in [1.807, 2.05) is 16.9 Å². The summed E-state index contributed by atoms with van der Waals surface area (Å²) in [5, 5.41) is 11.1. The Hall–Kier alpha value is -1.36. The molecule has 0 radical (unpaired) electrons. The van der Waals surface area contributed by atoms with Crippen molar-refractivity contribution >= 4 is 5.91 Å². The Bertz CT molecular complexity index is 515. The Morgan fingerprint density at radius 1 is 1.25 bits per heavy atom. The Labute approximate surface area is 145 Å². The first kappa shape index (κ1) is 17.5. The van der Waals surface area contributed by atoms with E-state index in [9.17, 15) is 4.79 Å². The maximum Gasteiger partial charge on any atom is 0.248 e. The van der Waals surface area contributed by atoms with Crippen molar-refractivity contribution in [1.82, 2.24) is 20.4 Å². The predicted octanol–water partition coefficient (Wildman–Crippen LogP) is 2.68. The van der Waals surface area contributed by atoms with Gasteiger partial charge in [-0.2, -0.15) is 5.10 Å². The van der Waals surface area contributed by atoms with Gasteiger partial charge in [0.15, 0.2) is 0 Å². The van der Waals surface area contributed by atoms with Gasteiger partial charge >= 0.3 is 0 Å². The monoisotopic (exact) mass is 332 g/mol. The van der Waals surface area contributed by atoms with Crippen molar-refractivity contribution in [1.29, 1.82) is 0 Å². The van der Waals surface area contributed by atoms with Crippen molar-refractivity contribution in [2.24, 2.45) is 11.8 Å². The van der Waals surface area contributed by atoms with E-state index in [-0.39, 0.29) is 11.9 Å². The quantitative estimate of drug-likeness (QED) is 0.871. The van der Waals surface area contributed by atoms with Gasteiger partial charge in [-0.1, -0.05) is 39.0 Å². The second kappa shape index (κ2) is 7.68. The van der Waals surface area contributed by atoms with Crippen LogP contribution in [0.4, 0.5) is 0 Å². The Morgan fingerprint density at radius 2 is 1.96 bits per heavy atom. The van der Waals surface area contributed by atoms with E-state index < -0.39 is 5.54 Å². The topological polar surface area (TPSA) is 59.0 Å². The van der Waals surface area contributed by atoms with E-state index in [1.54, 1.807) is 6.20 Å². The first-order valence-electron chi connectivity index (χ1n) is 9.65. The summed E-state index contributed by atoms with van der Waals surface area (Å²) in [7, 11) is 0. The molecule has 1 amide bonds. The highest BCUT2D eigenvalue weighted by atomic mass is 16.2. The highest BCUT2D eigenvalue weighted by molar-refractivity contribution is 5.84. The average Bonchev–Trinajstić information content (AvgIpc) is 3.17. The molecule has 2 heterocycles. The standard InChI is InChI=1S/C19H32N4O/c1-15(17-7-4-3-5-8-17)16(2)22-18(24)19(9-12-20-13-10-19)23-14-6-11-21-23/h6,11,14-17,20H,3-5,7-10,12-13H2,1-2H3,(H,22,24). The first-order valence-corrected chi connectivity index (χ1v) is 9.65. The molecule has 0 aromatic carbocycles. The van der Waals surface area contributed by atoms with Crippen LogP contribution < -0.4 is 10.6 Å². The van der Waals surface area contributed by atoms with Gasteiger partial charge in [0.2, 0.25) is 5.91 Å². The summed E-state index contributed by atoms with van der Waals surface area (Å²) in [5.41, 5.74) is -0.532. The minimum absolute atomic E-state index is 0.142. The number of piperidine rings is 1. The molecule has 1 aliphatic heterocycles. The van der Waals surface area contributed by atoms with Crippen LogP contribution in [0.5, 0.6) is 0 Å². The lowest BCUT2D eigenvalue weighted by Crippen LogP contribution is -2.57. The molecule has 1 aromatic heterocycles. The molecule has 2 fully saturated rings. The molecule has 1 aromatic rings. The number of aromatic nitrogens is 2. The number of hydrogen-bond donors (Lipinski definition) is 2. The molecule has 5 heteroatoms. The summed E-state index contributed by atoms with van der Waals surface area (Å²) in [5.74, 6) is 1.43. The molecule has 1 saturated carbocycles. The molecule has 3 rings (SSSR count). The third kappa shape index (κ3) is 3.51. The fraction of sp³-hybridized carbons (Fsp3) is 0.789. The molecule has 2 unspecified atom stereocenters. The van der Waals surface area contributed by atoms with Crippen LogP contribution in [-0.2, 0) is 10.3 Å². The van der Waals surface area contributed by atoms with E-state index in [2.05, 4.69) is 29.6 Å². The summed E-state index contributed by atoms with van der Waals surface area (Å²) >= 11 is 0. The van der Waals surface area contributed by atoms with Crippen LogP contribution in [0.15, 0.2) is 18.5 Å². The minimum atomic E-state index is -0.532. The highest BCUT2D eigenvalue weighted by Gasteiger charge is 2.43. The molecule has 2 N–H and O–H groups in total. The van der Waals surface area contributed by atoms with E-state index in [0.717, 1.165) is 31.8 Å². The van der Waals surface area contributed by atoms with Gasteiger partial charge in [0.1, 0.15) is 5.54 Å². The molecule has 1 aliphatic carbocycles. The Morgan fingerprint density at radius 3 is 2.58 bits per heavy atom. The second-order valence-electron chi connectivity index (χ2n) is 7.75.